The van der Waals surface area contributed by atoms with Crippen molar-refractivity contribution in [2.24, 2.45) is 0 Å². The Morgan fingerprint density at radius 3 is 2.74 bits per heavy atom. The molecule has 0 radical (unpaired) electrons. The first-order valence-electron chi connectivity index (χ1n) is 7.83. The van der Waals surface area contributed by atoms with Crippen LogP contribution in [0.1, 0.15) is 18.2 Å². The van der Waals surface area contributed by atoms with E-state index in [1.807, 2.05) is 48.9 Å². The molecule has 122 valence electrons. The van der Waals surface area contributed by atoms with Crippen molar-refractivity contribution < 1.29 is 9.53 Å². The number of carbonyl (C=O) groups is 1. The molecule has 0 bridgehead atoms. The van der Waals surface area contributed by atoms with Crippen LogP contribution in [0.15, 0.2) is 30.3 Å². The fourth-order valence-electron chi connectivity index (χ4n) is 2.69. The second kappa shape index (κ2) is 6.42. The van der Waals surface area contributed by atoms with Gasteiger partial charge in [-0.2, -0.15) is 0 Å². The summed E-state index contributed by atoms with van der Waals surface area (Å²) < 4.78 is 7.19. The Balaban J connectivity index is 1.75. The van der Waals surface area contributed by atoms with Crippen molar-refractivity contribution in [3.8, 4) is 5.69 Å². The van der Waals surface area contributed by atoms with Crippen LogP contribution < -0.4 is 5.32 Å². The average molecular weight is 314 g/mol. The van der Waals surface area contributed by atoms with Crippen LogP contribution in [0.3, 0.4) is 0 Å². The van der Waals surface area contributed by atoms with E-state index >= 15 is 0 Å². The molecule has 6 heteroatoms. The van der Waals surface area contributed by atoms with Gasteiger partial charge in [-0.05, 0) is 32.9 Å². The number of nitrogens with one attached hydrogen (secondary N) is 1. The smallest absolute Gasteiger partial charge is 0.323 e. The Labute approximate surface area is 136 Å². The molecule has 2 amide bonds. The normalized spacial score (nSPS) is 18.0. The topological polar surface area (TPSA) is 59.4 Å². The van der Waals surface area contributed by atoms with Gasteiger partial charge in [0.25, 0.3) is 0 Å². The molecule has 0 spiro atoms. The van der Waals surface area contributed by atoms with E-state index in [-0.39, 0.29) is 12.1 Å². The molecule has 3 rings (SSSR count). The molecule has 6 nitrogen and oxygen atoms in total. The van der Waals surface area contributed by atoms with Gasteiger partial charge in [0.2, 0.25) is 0 Å². The van der Waals surface area contributed by atoms with Crippen LogP contribution in [-0.2, 0) is 4.74 Å². The van der Waals surface area contributed by atoms with Gasteiger partial charge < -0.3 is 9.64 Å². The first kappa shape index (κ1) is 15.6. The van der Waals surface area contributed by atoms with Crippen molar-refractivity contribution in [1.82, 2.24) is 14.7 Å². The van der Waals surface area contributed by atoms with Gasteiger partial charge in [-0.15, -0.1) is 5.10 Å². The van der Waals surface area contributed by atoms with E-state index in [1.54, 1.807) is 4.90 Å². The van der Waals surface area contributed by atoms with E-state index in [4.69, 9.17) is 4.74 Å². The van der Waals surface area contributed by atoms with Crippen molar-refractivity contribution >= 4 is 11.8 Å². The summed E-state index contributed by atoms with van der Waals surface area (Å²) in [4.78, 5) is 14.2. The van der Waals surface area contributed by atoms with Crippen molar-refractivity contribution in [3.05, 3.63) is 41.6 Å². The number of urea groups is 1. The minimum atomic E-state index is -0.130. The zero-order chi connectivity index (χ0) is 16.4. The van der Waals surface area contributed by atoms with Gasteiger partial charge in [-0.25, -0.2) is 9.48 Å². The van der Waals surface area contributed by atoms with Crippen LogP contribution in [0.5, 0.6) is 0 Å². The van der Waals surface area contributed by atoms with Crippen molar-refractivity contribution in [2.75, 3.05) is 25.1 Å². The number of benzene rings is 1. The number of nitrogens with zero attached hydrogens (tertiary/aromatic N) is 3. The van der Waals surface area contributed by atoms with E-state index in [0.717, 1.165) is 11.4 Å². The molecular weight excluding hydrogens is 292 g/mol. The highest BCUT2D eigenvalue weighted by Gasteiger charge is 2.24. The van der Waals surface area contributed by atoms with Gasteiger partial charge >= 0.3 is 6.03 Å². The van der Waals surface area contributed by atoms with Gasteiger partial charge in [-0.3, -0.25) is 5.32 Å². The lowest BCUT2D eigenvalue weighted by Crippen LogP contribution is -2.48. The SMILES string of the molecule is Cc1ccc(-n2nc(NC(=O)N3CCOC[C@@H]3C)cc2C)cc1. The van der Waals surface area contributed by atoms with Crippen LogP contribution in [0, 0.1) is 13.8 Å². The number of hydrogen-bond acceptors (Lipinski definition) is 3. The number of ether oxygens (including phenoxy) is 1. The molecule has 1 aromatic carbocycles. The van der Waals surface area contributed by atoms with E-state index < -0.39 is 0 Å². The monoisotopic (exact) mass is 314 g/mol. The minimum absolute atomic E-state index is 0.0732. The second-order valence-electron chi connectivity index (χ2n) is 5.97. The van der Waals surface area contributed by atoms with Gasteiger partial charge in [0.15, 0.2) is 5.82 Å². The number of morpholine rings is 1. The highest BCUT2D eigenvalue weighted by molar-refractivity contribution is 5.88. The summed E-state index contributed by atoms with van der Waals surface area (Å²) in [5.41, 5.74) is 3.15. The van der Waals surface area contributed by atoms with Gasteiger partial charge in [0.1, 0.15) is 0 Å². The standard InChI is InChI=1S/C17H22N4O2/c1-12-4-6-15(7-5-12)21-13(2)10-16(19-21)18-17(22)20-8-9-23-11-14(20)3/h4-7,10,14H,8-9,11H2,1-3H3,(H,18,19,22)/t14-/m0/s1. The summed E-state index contributed by atoms with van der Waals surface area (Å²) in [7, 11) is 0. The molecule has 1 aliphatic heterocycles. The zero-order valence-corrected chi connectivity index (χ0v) is 13.7. The molecule has 1 atom stereocenters. The number of rotatable bonds is 2. The van der Waals surface area contributed by atoms with Crippen molar-refractivity contribution in [2.45, 2.75) is 26.8 Å². The van der Waals surface area contributed by atoms with E-state index in [0.29, 0.717) is 25.6 Å². The molecule has 23 heavy (non-hydrogen) atoms. The lowest BCUT2D eigenvalue weighted by molar-refractivity contribution is 0.0221. The van der Waals surface area contributed by atoms with Gasteiger partial charge in [0, 0.05) is 18.3 Å². The van der Waals surface area contributed by atoms with E-state index in [2.05, 4.69) is 17.3 Å². The predicted octanol–water partition coefficient (Wildman–Crippen LogP) is 2.74. The lowest BCUT2D eigenvalue weighted by Gasteiger charge is -2.32. The lowest BCUT2D eigenvalue weighted by atomic mass is 10.2. The average Bonchev–Trinajstić information content (AvgIpc) is 2.89. The van der Waals surface area contributed by atoms with Crippen molar-refractivity contribution in [1.29, 1.82) is 0 Å². The van der Waals surface area contributed by atoms with Crippen molar-refractivity contribution in [3.63, 3.8) is 0 Å². The molecule has 1 saturated heterocycles. The minimum Gasteiger partial charge on any atom is -0.377 e. The quantitative estimate of drug-likeness (QED) is 0.927. The fraction of sp³-hybridized carbons (Fsp3) is 0.412. The van der Waals surface area contributed by atoms with Crippen LogP contribution in [0.4, 0.5) is 10.6 Å². The maximum absolute atomic E-state index is 12.4. The Kier molecular flexibility index (Phi) is 4.34. The molecular formula is C17H22N4O2. The highest BCUT2D eigenvalue weighted by atomic mass is 16.5. The fourth-order valence-corrected chi connectivity index (χ4v) is 2.69. The third-order valence-corrected chi connectivity index (χ3v) is 4.03. The largest absolute Gasteiger partial charge is 0.377 e. The summed E-state index contributed by atoms with van der Waals surface area (Å²) >= 11 is 0. The number of carbonyl (C=O) groups excluding carboxylic acids is 1. The summed E-state index contributed by atoms with van der Waals surface area (Å²) in [6.07, 6.45) is 0. The molecule has 2 aromatic rings. The molecule has 2 heterocycles. The summed E-state index contributed by atoms with van der Waals surface area (Å²) in [5, 5.41) is 7.38. The Bertz CT molecular complexity index is 693. The summed E-state index contributed by atoms with van der Waals surface area (Å²) in [5.74, 6) is 0.562. The zero-order valence-electron chi connectivity index (χ0n) is 13.7. The number of hydrogen-bond donors (Lipinski definition) is 1. The van der Waals surface area contributed by atoms with Crippen LogP contribution in [0.25, 0.3) is 5.69 Å². The molecule has 0 unspecified atom stereocenters. The highest BCUT2D eigenvalue weighted by Crippen LogP contribution is 2.17. The Hall–Kier alpha value is -2.34. The molecule has 1 fully saturated rings. The molecule has 1 N–H and O–H groups in total. The first-order chi connectivity index (χ1) is 11.0. The Morgan fingerprint density at radius 1 is 1.30 bits per heavy atom. The number of aromatic nitrogens is 2. The number of amides is 2. The first-order valence-corrected chi connectivity index (χ1v) is 7.83. The second-order valence-corrected chi connectivity index (χ2v) is 5.97. The Morgan fingerprint density at radius 2 is 2.04 bits per heavy atom. The molecule has 0 aliphatic carbocycles. The van der Waals surface area contributed by atoms with E-state index in [1.165, 1.54) is 5.56 Å². The molecule has 1 aliphatic rings. The molecule has 1 aromatic heterocycles. The number of anilines is 1. The maximum Gasteiger partial charge on any atom is 0.323 e. The number of aryl methyl sites for hydroxylation is 2. The summed E-state index contributed by atoms with van der Waals surface area (Å²) in [6, 6.07) is 9.95. The maximum atomic E-state index is 12.4. The summed E-state index contributed by atoms with van der Waals surface area (Å²) in [6.45, 7) is 7.76. The van der Waals surface area contributed by atoms with Crippen LogP contribution in [-0.4, -0.2) is 46.5 Å². The van der Waals surface area contributed by atoms with Gasteiger partial charge in [0.05, 0.1) is 24.9 Å². The third-order valence-electron chi connectivity index (χ3n) is 4.03. The molecule has 0 saturated carbocycles. The predicted molar refractivity (Wildman–Crippen MR) is 89.0 cm³/mol. The third kappa shape index (κ3) is 3.37. The van der Waals surface area contributed by atoms with Crippen LogP contribution >= 0.6 is 0 Å². The van der Waals surface area contributed by atoms with Gasteiger partial charge in [-0.1, -0.05) is 17.7 Å². The van der Waals surface area contributed by atoms with E-state index in [9.17, 15) is 4.79 Å². The van der Waals surface area contributed by atoms with Crippen LogP contribution in [0.2, 0.25) is 0 Å².